The summed E-state index contributed by atoms with van der Waals surface area (Å²) in [6.07, 6.45) is 2.30. The van der Waals surface area contributed by atoms with Crippen LogP contribution in [-0.2, 0) is 0 Å². The monoisotopic (exact) mass is 227 g/mol. The molecule has 3 heteroatoms. The molecule has 0 atom stereocenters. The van der Waals surface area contributed by atoms with Gasteiger partial charge in [0.05, 0.1) is 18.7 Å². The lowest BCUT2D eigenvalue weighted by atomic mass is 10.00. The predicted octanol–water partition coefficient (Wildman–Crippen LogP) is 2.88. The van der Waals surface area contributed by atoms with E-state index in [9.17, 15) is 4.79 Å². The molecular formula is C14H13NO2. The van der Waals surface area contributed by atoms with Gasteiger partial charge in [0, 0.05) is 11.1 Å². The third-order valence-corrected chi connectivity index (χ3v) is 2.98. The Morgan fingerprint density at radius 1 is 1.35 bits per heavy atom. The van der Waals surface area contributed by atoms with E-state index in [2.05, 4.69) is 6.07 Å². The second kappa shape index (κ2) is 4.84. The minimum Gasteiger partial charge on any atom is -0.496 e. The van der Waals surface area contributed by atoms with Crippen molar-refractivity contribution in [3.63, 3.8) is 0 Å². The van der Waals surface area contributed by atoms with Gasteiger partial charge < -0.3 is 4.74 Å². The Kier molecular flexibility index (Phi) is 3.24. The Morgan fingerprint density at radius 3 is 2.82 bits per heavy atom. The Labute approximate surface area is 100 Å². The average molecular weight is 227 g/mol. The van der Waals surface area contributed by atoms with Crippen LogP contribution in [0.3, 0.4) is 0 Å². The first kappa shape index (κ1) is 11.4. The van der Waals surface area contributed by atoms with E-state index in [1.165, 1.54) is 0 Å². The lowest BCUT2D eigenvalue weighted by molar-refractivity contribution is 0.102. The molecule has 1 aliphatic rings. The topological polar surface area (TPSA) is 50.1 Å². The van der Waals surface area contributed by atoms with Crippen LogP contribution in [0, 0.1) is 11.3 Å². The molecule has 0 spiro atoms. The number of hydrogen-bond donors (Lipinski definition) is 0. The van der Waals surface area contributed by atoms with Gasteiger partial charge in [-0.05, 0) is 31.4 Å². The molecule has 2 rings (SSSR count). The fourth-order valence-electron chi connectivity index (χ4n) is 2.11. The summed E-state index contributed by atoms with van der Waals surface area (Å²) in [6, 6.07) is 9.24. The number of methoxy groups -OCH3 is 1. The van der Waals surface area contributed by atoms with E-state index in [0.29, 0.717) is 35.3 Å². The van der Waals surface area contributed by atoms with Gasteiger partial charge in [-0.1, -0.05) is 12.1 Å². The summed E-state index contributed by atoms with van der Waals surface area (Å²) >= 11 is 0. The third kappa shape index (κ3) is 2.07. The third-order valence-electron chi connectivity index (χ3n) is 2.98. The molecule has 1 aromatic rings. The maximum absolute atomic E-state index is 12.3. The summed E-state index contributed by atoms with van der Waals surface area (Å²) in [7, 11) is 1.54. The normalized spacial score (nSPS) is 14.6. The SMILES string of the molecule is COc1ccccc1C(=O)C1=C(C#N)CCC1. The van der Waals surface area contributed by atoms with E-state index >= 15 is 0 Å². The molecule has 0 heterocycles. The van der Waals surface area contributed by atoms with Gasteiger partial charge in [0.2, 0.25) is 0 Å². The number of rotatable bonds is 3. The molecular weight excluding hydrogens is 214 g/mol. The highest BCUT2D eigenvalue weighted by atomic mass is 16.5. The van der Waals surface area contributed by atoms with E-state index < -0.39 is 0 Å². The molecule has 0 unspecified atom stereocenters. The summed E-state index contributed by atoms with van der Waals surface area (Å²) in [5.41, 5.74) is 1.82. The maximum atomic E-state index is 12.3. The molecule has 0 N–H and O–H groups in total. The maximum Gasteiger partial charge on any atom is 0.193 e. The van der Waals surface area contributed by atoms with Crippen LogP contribution < -0.4 is 4.74 Å². The van der Waals surface area contributed by atoms with E-state index in [1.807, 2.05) is 6.07 Å². The highest BCUT2D eigenvalue weighted by Crippen LogP contribution is 2.30. The number of Topliss-reactive ketones (excluding diaryl/α,β-unsaturated/α-hetero) is 1. The number of para-hydroxylation sites is 1. The lowest BCUT2D eigenvalue weighted by Crippen LogP contribution is -2.05. The number of benzene rings is 1. The Bertz CT molecular complexity index is 523. The minimum absolute atomic E-state index is 0.0727. The summed E-state index contributed by atoms with van der Waals surface area (Å²) < 4.78 is 5.17. The van der Waals surface area contributed by atoms with E-state index in [4.69, 9.17) is 10.00 Å². The zero-order valence-corrected chi connectivity index (χ0v) is 9.69. The van der Waals surface area contributed by atoms with Crippen LogP contribution in [0.1, 0.15) is 29.6 Å². The first-order chi connectivity index (χ1) is 8.27. The van der Waals surface area contributed by atoms with Crippen LogP contribution in [0.25, 0.3) is 0 Å². The van der Waals surface area contributed by atoms with Crippen LogP contribution in [0.4, 0.5) is 0 Å². The standard InChI is InChI=1S/C14H13NO2/c1-17-13-8-3-2-6-12(13)14(16)11-7-4-5-10(11)9-15/h2-3,6,8H,4-5,7H2,1H3. The number of ether oxygens (including phenoxy) is 1. The smallest absolute Gasteiger partial charge is 0.193 e. The summed E-state index contributed by atoms with van der Waals surface area (Å²) in [5.74, 6) is 0.491. The Hall–Kier alpha value is -2.08. The second-order valence-electron chi connectivity index (χ2n) is 3.95. The molecule has 0 fully saturated rings. The number of nitriles is 1. The number of carbonyl (C=O) groups is 1. The van der Waals surface area contributed by atoms with Crippen molar-refractivity contribution in [3.05, 3.63) is 41.0 Å². The highest BCUT2D eigenvalue weighted by Gasteiger charge is 2.23. The molecule has 0 aliphatic heterocycles. The van der Waals surface area contributed by atoms with Crippen molar-refractivity contribution in [2.24, 2.45) is 0 Å². The van der Waals surface area contributed by atoms with Gasteiger partial charge in [-0.25, -0.2) is 0 Å². The second-order valence-corrected chi connectivity index (χ2v) is 3.95. The average Bonchev–Trinajstić information content (AvgIpc) is 2.86. The fraction of sp³-hybridized carbons (Fsp3) is 0.286. The van der Waals surface area contributed by atoms with Gasteiger partial charge >= 0.3 is 0 Å². The molecule has 0 saturated heterocycles. The Balaban J connectivity index is 2.42. The quantitative estimate of drug-likeness (QED) is 0.746. The lowest BCUT2D eigenvalue weighted by Gasteiger charge is -2.07. The molecule has 1 aliphatic carbocycles. The summed E-state index contributed by atoms with van der Waals surface area (Å²) in [6.45, 7) is 0. The predicted molar refractivity (Wildman–Crippen MR) is 63.8 cm³/mol. The molecule has 17 heavy (non-hydrogen) atoms. The van der Waals surface area contributed by atoms with Crippen molar-refractivity contribution >= 4 is 5.78 Å². The molecule has 1 aromatic carbocycles. The van der Waals surface area contributed by atoms with Crippen molar-refractivity contribution in [1.29, 1.82) is 5.26 Å². The van der Waals surface area contributed by atoms with Crippen LogP contribution in [0.5, 0.6) is 5.75 Å². The van der Waals surface area contributed by atoms with E-state index in [0.717, 1.165) is 6.42 Å². The molecule has 86 valence electrons. The number of ketones is 1. The molecule has 0 amide bonds. The number of allylic oxidation sites excluding steroid dienone is 2. The van der Waals surface area contributed by atoms with Crippen molar-refractivity contribution in [3.8, 4) is 11.8 Å². The number of hydrogen-bond acceptors (Lipinski definition) is 3. The van der Waals surface area contributed by atoms with Gasteiger partial charge in [0.15, 0.2) is 5.78 Å². The van der Waals surface area contributed by atoms with Crippen LogP contribution in [0.15, 0.2) is 35.4 Å². The van der Waals surface area contributed by atoms with Crippen molar-refractivity contribution in [2.75, 3.05) is 7.11 Å². The van der Waals surface area contributed by atoms with Crippen LogP contribution in [-0.4, -0.2) is 12.9 Å². The number of nitrogens with zero attached hydrogens (tertiary/aromatic N) is 1. The van der Waals surface area contributed by atoms with E-state index in [-0.39, 0.29) is 5.78 Å². The number of carbonyl (C=O) groups excluding carboxylic acids is 1. The summed E-state index contributed by atoms with van der Waals surface area (Å²) in [4.78, 5) is 12.3. The molecule has 0 saturated carbocycles. The molecule has 0 aromatic heterocycles. The van der Waals surface area contributed by atoms with Crippen LogP contribution >= 0.6 is 0 Å². The zero-order chi connectivity index (χ0) is 12.3. The van der Waals surface area contributed by atoms with Gasteiger partial charge in [-0.15, -0.1) is 0 Å². The van der Waals surface area contributed by atoms with Gasteiger partial charge in [0.1, 0.15) is 5.75 Å². The largest absolute Gasteiger partial charge is 0.496 e. The van der Waals surface area contributed by atoms with Crippen molar-refractivity contribution in [2.45, 2.75) is 19.3 Å². The molecule has 0 bridgehead atoms. The first-order valence-corrected chi connectivity index (χ1v) is 5.57. The minimum atomic E-state index is -0.0727. The Morgan fingerprint density at radius 2 is 2.12 bits per heavy atom. The van der Waals surface area contributed by atoms with Gasteiger partial charge in [-0.2, -0.15) is 5.26 Å². The highest BCUT2D eigenvalue weighted by molar-refractivity contribution is 6.11. The van der Waals surface area contributed by atoms with E-state index in [1.54, 1.807) is 25.3 Å². The van der Waals surface area contributed by atoms with Crippen molar-refractivity contribution in [1.82, 2.24) is 0 Å². The molecule has 0 radical (unpaired) electrons. The molecule has 3 nitrogen and oxygen atoms in total. The van der Waals surface area contributed by atoms with Gasteiger partial charge in [-0.3, -0.25) is 4.79 Å². The zero-order valence-electron chi connectivity index (χ0n) is 9.69. The summed E-state index contributed by atoms with van der Waals surface area (Å²) in [5, 5.41) is 8.97. The van der Waals surface area contributed by atoms with Gasteiger partial charge in [0.25, 0.3) is 0 Å². The first-order valence-electron chi connectivity index (χ1n) is 5.57. The van der Waals surface area contributed by atoms with Crippen molar-refractivity contribution < 1.29 is 9.53 Å². The fourth-order valence-corrected chi connectivity index (χ4v) is 2.11. The van der Waals surface area contributed by atoms with Crippen LogP contribution in [0.2, 0.25) is 0 Å².